The molecule has 6 heteroatoms. The van der Waals surface area contributed by atoms with Gasteiger partial charge in [-0.1, -0.05) is 33.3 Å². The summed E-state index contributed by atoms with van der Waals surface area (Å²) in [7, 11) is -2.05. The first-order chi connectivity index (χ1) is 9.94. The van der Waals surface area contributed by atoms with E-state index in [0.717, 1.165) is 18.5 Å². The van der Waals surface area contributed by atoms with Gasteiger partial charge < -0.3 is 10.1 Å². The molecule has 5 nitrogen and oxygen atoms in total. The minimum absolute atomic E-state index is 0.188. The quantitative estimate of drug-likeness (QED) is 0.733. The average molecular weight is 314 g/mol. The summed E-state index contributed by atoms with van der Waals surface area (Å²) in [4.78, 5) is 0.188. The van der Waals surface area contributed by atoms with Crippen LogP contribution in [0.4, 0.5) is 0 Å². The summed E-state index contributed by atoms with van der Waals surface area (Å²) in [6, 6.07) is 5.17. The molecule has 21 heavy (non-hydrogen) atoms. The Morgan fingerprint density at radius 1 is 1.29 bits per heavy atom. The van der Waals surface area contributed by atoms with Gasteiger partial charge in [0.15, 0.2) is 0 Å². The lowest BCUT2D eigenvalue weighted by Gasteiger charge is -2.14. The highest BCUT2D eigenvalue weighted by molar-refractivity contribution is 7.89. The Bertz CT molecular complexity index is 544. The summed E-state index contributed by atoms with van der Waals surface area (Å²) in [5, 5.41) is 3.20. The van der Waals surface area contributed by atoms with E-state index in [4.69, 9.17) is 4.74 Å². The molecule has 1 unspecified atom stereocenters. The molecule has 0 spiro atoms. The van der Waals surface area contributed by atoms with Crippen molar-refractivity contribution >= 4 is 10.0 Å². The Morgan fingerprint density at radius 2 is 2.00 bits per heavy atom. The van der Waals surface area contributed by atoms with Gasteiger partial charge >= 0.3 is 0 Å². The van der Waals surface area contributed by atoms with Gasteiger partial charge in [-0.3, -0.25) is 0 Å². The van der Waals surface area contributed by atoms with Crippen molar-refractivity contribution in [2.75, 3.05) is 20.2 Å². The number of benzene rings is 1. The highest BCUT2D eigenvalue weighted by atomic mass is 32.2. The minimum atomic E-state index is -3.54. The zero-order valence-electron chi connectivity index (χ0n) is 13.3. The fourth-order valence-corrected chi connectivity index (χ4v) is 3.10. The molecule has 1 aromatic carbocycles. The van der Waals surface area contributed by atoms with Crippen LogP contribution >= 0.6 is 0 Å². The van der Waals surface area contributed by atoms with Crippen molar-refractivity contribution in [1.29, 1.82) is 0 Å². The summed E-state index contributed by atoms with van der Waals surface area (Å²) in [5.41, 5.74) is 0.995. The lowest BCUT2D eigenvalue weighted by molar-refractivity contribution is 0.401. The van der Waals surface area contributed by atoms with Gasteiger partial charge in [0.2, 0.25) is 10.0 Å². The molecular formula is C15H26N2O3S. The van der Waals surface area contributed by atoms with E-state index in [1.54, 1.807) is 12.1 Å². The van der Waals surface area contributed by atoms with Gasteiger partial charge in [0, 0.05) is 13.1 Å². The predicted octanol–water partition coefficient (Wildman–Crippen LogP) is 2.13. The van der Waals surface area contributed by atoms with Crippen molar-refractivity contribution in [3.63, 3.8) is 0 Å². The number of hydrogen-bond donors (Lipinski definition) is 2. The van der Waals surface area contributed by atoms with Crippen LogP contribution in [-0.2, 0) is 16.6 Å². The molecule has 0 aliphatic rings. The highest BCUT2D eigenvalue weighted by Gasteiger charge is 2.20. The lowest BCUT2D eigenvalue weighted by atomic mass is 10.1. The van der Waals surface area contributed by atoms with Gasteiger partial charge in [0.1, 0.15) is 10.6 Å². The third kappa shape index (κ3) is 5.30. The van der Waals surface area contributed by atoms with E-state index in [1.807, 2.05) is 26.8 Å². The maximum absolute atomic E-state index is 12.4. The molecule has 2 N–H and O–H groups in total. The molecule has 0 bridgehead atoms. The summed E-state index contributed by atoms with van der Waals surface area (Å²) >= 11 is 0. The largest absolute Gasteiger partial charge is 0.495 e. The van der Waals surface area contributed by atoms with Crippen molar-refractivity contribution in [3.8, 4) is 5.75 Å². The zero-order valence-corrected chi connectivity index (χ0v) is 14.1. The van der Waals surface area contributed by atoms with Gasteiger partial charge in [0.25, 0.3) is 0 Å². The fraction of sp³-hybridized carbons (Fsp3) is 0.600. The fourth-order valence-electron chi connectivity index (χ4n) is 1.79. The molecule has 0 heterocycles. The number of rotatable bonds is 9. The normalized spacial score (nSPS) is 13.1. The number of nitrogens with one attached hydrogen (secondary N) is 2. The smallest absolute Gasteiger partial charge is 0.244 e. The Labute approximate surface area is 128 Å². The van der Waals surface area contributed by atoms with E-state index in [-0.39, 0.29) is 4.90 Å². The first kappa shape index (κ1) is 17.9. The van der Waals surface area contributed by atoms with E-state index in [2.05, 4.69) is 10.0 Å². The maximum atomic E-state index is 12.4. The Kier molecular flexibility index (Phi) is 7.14. The molecule has 0 saturated carbocycles. The van der Waals surface area contributed by atoms with Crippen molar-refractivity contribution < 1.29 is 13.2 Å². The number of ether oxygens (including phenoxy) is 1. The molecule has 0 aromatic heterocycles. The topological polar surface area (TPSA) is 67.4 Å². The van der Waals surface area contributed by atoms with Crippen LogP contribution in [-0.4, -0.2) is 28.6 Å². The van der Waals surface area contributed by atoms with Crippen molar-refractivity contribution in [2.45, 2.75) is 38.6 Å². The Balaban J connectivity index is 2.95. The van der Waals surface area contributed by atoms with Crippen LogP contribution in [0.5, 0.6) is 5.75 Å². The standard InChI is InChI=1S/C15H26N2O3S/c1-5-12(3)10-17-21(18,19)15-8-7-13(11-16-6-2)9-14(15)20-4/h7-9,12,16-17H,5-6,10-11H2,1-4H3. The first-order valence-corrected chi connectivity index (χ1v) is 8.80. The second kappa shape index (κ2) is 8.36. The van der Waals surface area contributed by atoms with Crippen LogP contribution in [0.25, 0.3) is 0 Å². The number of sulfonamides is 1. The molecule has 1 rings (SSSR count). The SMILES string of the molecule is CCNCc1ccc(S(=O)(=O)NCC(C)CC)c(OC)c1. The molecule has 0 radical (unpaired) electrons. The van der Waals surface area contributed by atoms with Crippen molar-refractivity contribution in [3.05, 3.63) is 23.8 Å². The van der Waals surface area contributed by atoms with Crippen LogP contribution < -0.4 is 14.8 Å². The Morgan fingerprint density at radius 3 is 2.57 bits per heavy atom. The molecule has 1 atom stereocenters. The predicted molar refractivity (Wildman–Crippen MR) is 85.0 cm³/mol. The first-order valence-electron chi connectivity index (χ1n) is 7.31. The van der Waals surface area contributed by atoms with Crippen LogP contribution in [0.15, 0.2) is 23.1 Å². The second-order valence-corrected chi connectivity index (χ2v) is 6.87. The van der Waals surface area contributed by atoms with E-state index >= 15 is 0 Å². The number of methoxy groups -OCH3 is 1. The molecular weight excluding hydrogens is 288 g/mol. The number of hydrogen-bond acceptors (Lipinski definition) is 4. The van der Waals surface area contributed by atoms with Crippen LogP contribution in [0.2, 0.25) is 0 Å². The lowest BCUT2D eigenvalue weighted by Crippen LogP contribution is -2.28. The average Bonchev–Trinajstić information content (AvgIpc) is 2.50. The molecule has 0 saturated heterocycles. The molecule has 120 valence electrons. The highest BCUT2D eigenvalue weighted by Crippen LogP contribution is 2.25. The van der Waals surface area contributed by atoms with Crippen molar-refractivity contribution in [2.24, 2.45) is 5.92 Å². The summed E-state index contributed by atoms with van der Waals surface area (Å²) in [6.45, 7) is 8.05. The van der Waals surface area contributed by atoms with E-state index in [9.17, 15) is 8.42 Å². The van der Waals surface area contributed by atoms with E-state index < -0.39 is 10.0 Å². The molecule has 1 aromatic rings. The van der Waals surface area contributed by atoms with Crippen molar-refractivity contribution in [1.82, 2.24) is 10.0 Å². The van der Waals surface area contributed by atoms with Gasteiger partial charge in [-0.2, -0.15) is 0 Å². The minimum Gasteiger partial charge on any atom is -0.495 e. The molecule has 0 aliphatic heterocycles. The van der Waals surface area contributed by atoms with Crippen LogP contribution in [0.1, 0.15) is 32.8 Å². The van der Waals surface area contributed by atoms with Crippen LogP contribution in [0, 0.1) is 5.92 Å². The summed E-state index contributed by atoms with van der Waals surface area (Å²) in [5.74, 6) is 0.681. The van der Waals surface area contributed by atoms with Gasteiger partial charge in [-0.15, -0.1) is 0 Å². The zero-order chi connectivity index (χ0) is 15.9. The summed E-state index contributed by atoms with van der Waals surface area (Å²) in [6.07, 6.45) is 0.932. The molecule has 0 aliphatic carbocycles. The molecule has 0 amide bonds. The van der Waals surface area contributed by atoms with E-state index in [0.29, 0.717) is 24.8 Å². The van der Waals surface area contributed by atoms with Gasteiger partial charge in [0.05, 0.1) is 7.11 Å². The van der Waals surface area contributed by atoms with Gasteiger partial charge in [-0.05, 0) is 30.2 Å². The third-order valence-electron chi connectivity index (χ3n) is 3.42. The molecule has 0 fully saturated rings. The third-order valence-corrected chi connectivity index (χ3v) is 4.88. The Hall–Kier alpha value is -1.11. The van der Waals surface area contributed by atoms with E-state index in [1.165, 1.54) is 7.11 Å². The van der Waals surface area contributed by atoms with Crippen LogP contribution in [0.3, 0.4) is 0 Å². The van der Waals surface area contributed by atoms with Gasteiger partial charge in [-0.25, -0.2) is 13.1 Å². The monoisotopic (exact) mass is 314 g/mol. The second-order valence-electron chi connectivity index (χ2n) is 5.13. The summed E-state index contributed by atoms with van der Waals surface area (Å²) < 4.78 is 32.6. The maximum Gasteiger partial charge on any atom is 0.244 e.